The number of fused-ring (bicyclic) bond motifs is 1. The van der Waals surface area contributed by atoms with Crippen molar-refractivity contribution in [3.8, 4) is 0 Å². The third-order valence-corrected chi connectivity index (χ3v) is 2.85. The van der Waals surface area contributed by atoms with E-state index in [1.807, 2.05) is 0 Å². The van der Waals surface area contributed by atoms with E-state index in [2.05, 4.69) is 15.3 Å². The number of hydrogen-bond donors (Lipinski definition) is 5. The molecule has 0 atom stereocenters. The molecule has 6 N–H and O–H groups in total. The average Bonchev–Trinajstić information content (AvgIpc) is 2.39. The fourth-order valence-electron chi connectivity index (χ4n) is 1.63. The lowest BCUT2D eigenvalue weighted by molar-refractivity contribution is 0.147. The second-order valence-electron chi connectivity index (χ2n) is 4.69. The zero-order valence-electron chi connectivity index (χ0n) is 10.5. The molecule has 0 unspecified atom stereocenters. The molecule has 0 aliphatic carbocycles. The van der Waals surface area contributed by atoms with Crippen LogP contribution in [0.5, 0.6) is 0 Å². The molecule has 0 bridgehead atoms. The van der Waals surface area contributed by atoms with Gasteiger partial charge in [-0.3, -0.25) is 9.78 Å². The number of H-pyrrole nitrogens is 1. The molecule has 19 heavy (non-hydrogen) atoms. The molecule has 102 valence electrons. The van der Waals surface area contributed by atoms with Crippen molar-refractivity contribution in [2.75, 3.05) is 24.3 Å². The van der Waals surface area contributed by atoms with Gasteiger partial charge in [-0.15, -0.1) is 0 Å². The highest BCUT2D eigenvalue weighted by atomic mass is 16.3. The molecule has 7 nitrogen and oxygen atoms in total. The van der Waals surface area contributed by atoms with Gasteiger partial charge in [-0.25, -0.2) is 4.98 Å². The Hall–Kier alpha value is -2.12. The van der Waals surface area contributed by atoms with Crippen molar-refractivity contribution in [1.82, 2.24) is 9.97 Å². The van der Waals surface area contributed by atoms with Crippen LogP contribution in [-0.4, -0.2) is 38.9 Å². The molecule has 0 aliphatic heterocycles. The largest absolute Gasteiger partial charge is 0.399 e. The van der Waals surface area contributed by atoms with E-state index in [4.69, 9.17) is 5.73 Å². The van der Waals surface area contributed by atoms with Crippen molar-refractivity contribution in [3.63, 3.8) is 0 Å². The Kier molecular flexibility index (Phi) is 3.41. The molecule has 1 aromatic carbocycles. The van der Waals surface area contributed by atoms with Gasteiger partial charge in [-0.05, 0) is 25.1 Å². The van der Waals surface area contributed by atoms with Crippen LogP contribution >= 0.6 is 0 Å². The molecule has 1 heterocycles. The molecule has 7 heteroatoms. The van der Waals surface area contributed by atoms with Crippen molar-refractivity contribution in [2.24, 2.45) is 0 Å². The van der Waals surface area contributed by atoms with Crippen LogP contribution < -0.4 is 16.6 Å². The molecular formula is C12H16N4O3. The minimum atomic E-state index is -0.961. The van der Waals surface area contributed by atoms with Crippen LogP contribution in [0.25, 0.3) is 10.9 Å². The smallest absolute Gasteiger partial charge is 0.260 e. The molecule has 0 aliphatic rings. The summed E-state index contributed by atoms with van der Waals surface area (Å²) in [4.78, 5) is 18.7. The van der Waals surface area contributed by atoms with Crippen LogP contribution in [-0.2, 0) is 0 Å². The number of nitrogens with zero attached hydrogens (tertiary/aromatic N) is 1. The van der Waals surface area contributed by atoms with E-state index in [0.717, 1.165) is 0 Å². The number of benzene rings is 1. The van der Waals surface area contributed by atoms with Crippen LogP contribution in [0, 0.1) is 0 Å². The Labute approximate surface area is 109 Å². The molecular weight excluding hydrogens is 248 g/mol. The van der Waals surface area contributed by atoms with Gasteiger partial charge < -0.3 is 21.3 Å². The summed E-state index contributed by atoms with van der Waals surface area (Å²) in [6.07, 6.45) is 0. The van der Waals surface area contributed by atoms with Gasteiger partial charge in [0.2, 0.25) is 5.95 Å². The predicted molar refractivity (Wildman–Crippen MR) is 73.0 cm³/mol. The summed E-state index contributed by atoms with van der Waals surface area (Å²) in [5.74, 6) is 0.188. The van der Waals surface area contributed by atoms with E-state index < -0.39 is 5.54 Å². The predicted octanol–water partition coefficient (Wildman–Crippen LogP) is -0.340. The van der Waals surface area contributed by atoms with E-state index in [-0.39, 0.29) is 24.7 Å². The molecule has 2 aromatic rings. The van der Waals surface area contributed by atoms with Gasteiger partial charge in [0, 0.05) is 5.69 Å². The average molecular weight is 264 g/mol. The molecule has 0 saturated heterocycles. The van der Waals surface area contributed by atoms with Crippen LogP contribution in [0.4, 0.5) is 11.6 Å². The molecule has 0 radical (unpaired) electrons. The maximum atomic E-state index is 11.9. The minimum Gasteiger partial charge on any atom is -0.399 e. The lowest BCUT2D eigenvalue weighted by Gasteiger charge is -2.26. The van der Waals surface area contributed by atoms with Gasteiger partial charge in [0.05, 0.1) is 29.7 Å². The Balaban J connectivity index is 2.47. The number of anilines is 2. The Morgan fingerprint density at radius 1 is 1.42 bits per heavy atom. The molecule has 0 saturated carbocycles. The zero-order valence-corrected chi connectivity index (χ0v) is 10.5. The topological polar surface area (TPSA) is 124 Å². The Bertz CT molecular complexity index is 649. The number of rotatable bonds is 4. The first-order valence-corrected chi connectivity index (χ1v) is 5.77. The quantitative estimate of drug-likeness (QED) is 0.481. The molecule has 1 aromatic heterocycles. The maximum Gasteiger partial charge on any atom is 0.260 e. The SMILES string of the molecule is CC(CO)(CO)Nc1nc2ccc(N)cc2c(=O)[nH]1. The summed E-state index contributed by atoms with van der Waals surface area (Å²) in [6, 6.07) is 4.83. The first-order valence-electron chi connectivity index (χ1n) is 5.77. The van der Waals surface area contributed by atoms with E-state index in [0.29, 0.717) is 16.6 Å². The van der Waals surface area contributed by atoms with E-state index >= 15 is 0 Å². The van der Waals surface area contributed by atoms with Crippen LogP contribution in [0.15, 0.2) is 23.0 Å². The van der Waals surface area contributed by atoms with Crippen molar-refractivity contribution in [2.45, 2.75) is 12.5 Å². The first kappa shape index (κ1) is 13.3. The molecule has 0 amide bonds. The van der Waals surface area contributed by atoms with E-state index in [1.54, 1.807) is 25.1 Å². The fourth-order valence-corrected chi connectivity index (χ4v) is 1.63. The highest BCUT2D eigenvalue weighted by molar-refractivity contribution is 5.81. The van der Waals surface area contributed by atoms with Gasteiger partial charge in [-0.2, -0.15) is 0 Å². The number of nitrogens with one attached hydrogen (secondary N) is 2. The standard InChI is InChI=1S/C12H16N4O3/c1-12(5-17,6-18)16-11-14-9-3-2-7(13)4-8(9)10(19)15-11/h2-4,17-18H,5-6,13H2,1H3,(H2,14,15,16,19). The summed E-state index contributed by atoms with van der Waals surface area (Å²) in [5.41, 5.74) is 5.28. The summed E-state index contributed by atoms with van der Waals surface area (Å²) in [5, 5.41) is 21.6. The van der Waals surface area contributed by atoms with Crippen LogP contribution in [0.2, 0.25) is 0 Å². The van der Waals surface area contributed by atoms with E-state index in [1.165, 1.54) is 0 Å². The van der Waals surface area contributed by atoms with Crippen LogP contribution in [0.3, 0.4) is 0 Å². The third-order valence-electron chi connectivity index (χ3n) is 2.85. The van der Waals surface area contributed by atoms with E-state index in [9.17, 15) is 15.0 Å². The molecule has 0 spiro atoms. The monoisotopic (exact) mass is 264 g/mol. The van der Waals surface area contributed by atoms with Gasteiger partial charge >= 0.3 is 0 Å². The lowest BCUT2D eigenvalue weighted by Crippen LogP contribution is -2.43. The summed E-state index contributed by atoms with van der Waals surface area (Å²) >= 11 is 0. The van der Waals surface area contributed by atoms with Crippen LogP contribution in [0.1, 0.15) is 6.92 Å². The number of aliphatic hydroxyl groups is 2. The third kappa shape index (κ3) is 2.67. The normalized spacial score (nSPS) is 11.7. The molecule has 0 fully saturated rings. The summed E-state index contributed by atoms with van der Waals surface area (Å²) in [7, 11) is 0. The minimum absolute atomic E-state index is 0.188. The fraction of sp³-hybridized carbons (Fsp3) is 0.333. The number of nitrogen functional groups attached to an aromatic ring is 1. The van der Waals surface area contributed by atoms with Crippen molar-refractivity contribution in [3.05, 3.63) is 28.6 Å². The van der Waals surface area contributed by atoms with Gasteiger partial charge in [-0.1, -0.05) is 0 Å². The number of aromatic nitrogens is 2. The highest BCUT2D eigenvalue weighted by Crippen LogP contribution is 2.15. The first-order chi connectivity index (χ1) is 8.97. The Morgan fingerprint density at radius 3 is 2.74 bits per heavy atom. The highest BCUT2D eigenvalue weighted by Gasteiger charge is 2.23. The number of aromatic amines is 1. The zero-order chi connectivity index (χ0) is 14.0. The van der Waals surface area contributed by atoms with Crippen molar-refractivity contribution >= 4 is 22.5 Å². The summed E-state index contributed by atoms with van der Waals surface area (Å²) in [6.45, 7) is 1.01. The van der Waals surface area contributed by atoms with Gasteiger partial charge in [0.25, 0.3) is 5.56 Å². The van der Waals surface area contributed by atoms with Gasteiger partial charge in [0.1, 0.15) is 0 Å². The lowest BCUT2D eigenvalue weighted by atomic mass is 10.1. The molecule has 2 rings (SSSR count). The number of nitrogens with two attached hydrogens (primary N) is 1. The second-order valence-corrected chi connectivity index (χ2v) is 4.69. The van der Waals surface area contributed by atoms with Crippen molar-refractivity contribution in [1.29, 1.82) is 0 Å². The second kappa shape index (κ2) is 4.87. The van der Waals surface area contributed by atoms with Gasteiger partial charge in [0.15, 0.2) is 0 Å². The maximum absolute atomic E-state index is 11.9. The number of aliphatic hydroxyl groups excluding tert-OH is 2. The Morgan fingerprint density at radius 2 is 2.11 bits per heavy atom. The number of hydrogen-bond acceptors (Lipinski definition) is 6. The summed E-state index contributed by atoms with van der Waals surface area (Å²) < 4.78 is 0. The van der Waals surface area contributed by atoms with Crippen molar-refractivity contribution < 1.29 is 10.2 Å².